The zero-order chi connectivity index (χ0) is 12.8. The molecule has 5 nitrogen and oxygen atoms in total. The number of aromatic nitrogens is 3. The number of hydrogen-bond acceptors (Lipinski definition) is 3. The van der Waals surface area contributed by atoms with Crippen LogP contribution in [0.4, 0.5) is 0 Å². The Kier molecular flexibility index (Phi) is 5.12. The van der Waals surface area contributed by atoms with Gasteiger partial charge in [0.2, 0.25) is 5.82 Å². The van der Waals surface area contributed by atoms with Crippen molar-refractivity contribution in [2.24, 2.45) is 5.92 Å². The molecule has 0 saturated carbocycles. The van der Waals surface area contributed by atoms with Crippen molar-refractivity contribution in [3.05, 3.63) is 12.2 Å². The molecule has 0 saturated heterocycles. The minimum Gasteiger partial charge on any atom is -0.333 e. The molecule has 0 radical (unpaired) electrons. The Balaban J connectivity index is 2.85. The minimum atomic E-state index is -0.0510. The third-order valence-corrected chi connectivity index (χ3v) is 2.82. The number of hydrogen-bond donors (Lipinski definition) is 1. The van der Waals surface area contributed by atoms with Gasteiger partial charge in [0.1, 0.15) is 6.33 Å². The second kappa shape index (κ2) is 6.37. The minimum absolute atomic E-state index is 0.0510. The molecule has 1 amide bonds. The van der Waals surface area contributed by atoms with Gasteiger partial charge in [0, 0.05) is 12.6 Å². The molecule has 1 aromatic heterocycles. The molecule has 0 spiro atoms. The highest BCUT2D eigenvalue weighted by Crippen LogP contribution is 2.13. The van der Waals surface area contributed by atoms with Gasteiger partial charge < -0.3 is 4.90 Å². The summed E-state index contributed by atoms with van der Waals surface area (Å²) >= 11 is 0. The van der Waals surface area contributed by atoms with E-state index in [0.29, 0.717) is 11.7 Å². The first-order valence-electron chi connectivity index (χ1n) is 6.26. The van der Waals surface area contributed by atoms with Gasteiger partial charge in [-0.25, -0.2) is 4.98 Å². The van der Waals surface area contributed by atoms with Crippen molar-refractivity contribution in [3.63, 3.8) is 0 Å². The highest BCUT2D eigenvalue weighted by atomic mass is 16.2. The van der Waals surface area contributed by atoms with E-state index in [0.717, 1.165) is 19.4 Å². The number of rotatable bonds is 6. The highest BCUT2D eigenvalue weighted by Gasteiger charge is 2.24. The Labute approximate surface area is 103 Å². The maximum absolute atomic E-state index is 12.3. The van der Waals surface area contributed by atoms with Crippen LogP contribution in [0.25, 0.3) is 0 Å². The van der Waals surface area contributed by atoms with E-state index in [1.54, 1.807) is 0 Å². The molecular formula is C12H22N4O. The fourth-order valence-electron chi connectivity index (χ4n) is 1.97. The number of nitrogens with zero attached hydrogens (tertiary/aromatic N) is 3. The number of aromatic amines is 1. The van der Waals surface area contributed by atoms with Crippen molar-refractivity contribution >= 4 is 5.91 Å². The van der Waals surface area contributed by atoms with Crippen molar-refractivity contribution in [1.82, 2.24) is 20.1 Å². The average Bonchev–Trinajstić information content (AvgIpc) is 2.81. The third kappa shape index (κ3) is 3.54. The fourth-order valence-corrected chi connectivity index (χ4v) is 1.97. The smallest absolute Gasteiger partial charge is 0.291 e. The van der Waals surface area contributed by atoms with Crippen LogP contribution in [0.15, 0.2) is 6.33 Å². The van der Waals surface area contributed by atoms with E-state index in [4.69, 9.17) is 0 Å². The molecule has 1 aromatic rings. The summed E-state index contributed by atoms with van der Waals surface area (Å²) in [5.41, 5.74) is 0. The van der Waals surface area contributed by atoms with Crippen molar-refractivity contribution in [1.29, 1.82) is 0 Å². The molecule has 17 heavy (non-hydrogen) atoms. The first-order chi connectivity index (χ1) is 8.10. The topological polar surface area (TPSA) is 61.9 Å². The second-order valence-corrected chi connectivity index (χ2v) is 4.66. The van der Waals surface area contributed by atoms with Crippen LogP contribution in [-0.4, -0.2) is 38.6 Å². The van der Waals surface area contributed by atoms with Crippen molar-refractivity contribution in [3.8, 4) is 0 Å². The lowest BCUT2D eigenvalue weighted by Gasteiger charge is -2.31. The first-order valence-corrected chi connectivity index (χ1v) is 6.26. The van der Waals surface area contributed by atoms with Gasteiger partial charge in [-0.05, 0) is 18.8 Å². The number of carbonyl (C=O) groups excluding carboxylic acids is 1. The summed E-state index contributed by atoms with van der Waals surface area (Å²) in [7, 11) is 0. The monoisotopic (exact) mass is 238 g/mol. The van der Waals surface area contributed by atoms with Crippen LogP contribution in [-0.2, 0) is 0 Å². The highest BCUT2D eigenvalue weighted by molar-refractivity contribution is 5.90. The van der Waals surface area contributed by atoms with Gasteiger partial charge in [-0.2, -0.15) is 5.10 Å². The SMILES string of the molecule is CCC(CC)N(CC(C)C)C(=O)c1ncn[nH]1. The molecule has 0 aliphatic heterocycles. The molecule has 1 N–H and O–H groups in total. The summed E-state index contributed by atoms with van der Waals surface area (Å²) < 4.78 is 0. The zero-order valence-electron chi connectivity index (χ0n) is 11.1. The zero-order valence-corrected chi connectivity index (χ0v) is 11.1. The largest absolute Gasteiger partial charge is 0.333 e. The lowest BCUT2D eigenvalue weighted by Crippen LogP contribution is -2.42. The Hall–Kier alpha value is -1.39. The summed E-state index contributed by atoms with van der Waals surface area (Å²) in [4.78, 5) is 18.1. The predicted molar refractivity (Wildman–Crippen MR) is 66.6 cm³/mol. The molecule has 0 aliphatic rings. The molecule has 1 heterocycles. The van der Waals surface area contributed by atoms with E-state index in [2.05, 4.69) is 42.9 Å². The summed E-state index contributed by atoms with van der Waals surface area (Å²) in [6, 6.07) is 0.273. The fraction of sp³-hybridized carbons (Fsp3) is 0.750. The molecule has 5 heteroatoms. The standard InChI is InChI=1S/C12H22N4O/c1-5-10(6-2)16(7-9(3)4)12(17)11-13-8-14-15-11/h8-10H,5-7H2,1-4H3,(H,13,14,15). The Morgan fingerprint density at radius 1 is 1.41 bits per heavy atom. The van der Waals surface area contributed by atoms with Crippen LogP contribution in [0.5, 0.6) is 0 Å². The van der Waals surface area contributed by atoms with Crippen molar-refractivity contribution < 1.29 is 4.79 Å². The van der Waals surface area contributed by atoms with Gasteiger partial charge in [-0.1, -0.05) is 27.7 Å². The summed E-state index contributed by atoms with van der Waals surface area (Å²) in [6.45, 7) is 9.20. The van der Waals surface area contributed by atoms with Crippen LogP contribution in [0.3, 0.4) is 0 Å². The van der Waals surface area contributed by atoms with E-state index >= 15 is 0 Å². The number of amides is 1. The Bertz CT molecular complexity index is 330. The summed E-state index contributed by atoms with van der Waals surface area (Å²) in [5.74, 6) is 0.727. The molecule has 1 rings (SSSR count). The molecule has 0 unspecified atom stereocenters. The first kappa shape index (κ1) is 13.7. The summed E-state index contributed by atoms with van der Waals surface area (Å²) in [5, 5.41) is 6.37. The maximum Gasteiger partial charge on any atom is 0.291 e. The van der Waals surface area contributed by atoms with Crippen molar-refractivity contribution in [2.45, 2.75) is 46.6 Å². The van der Waals surface area contributed by atoms with Crippen LogP contribution >= 0.6 is 0 Å². The van der Waals surface area contributed by atoms with Crippen LogP contribution in [0.2, 0.25) is 0 Å². The normalized spacial score (nSPS) is 11.2. The molecule has 0 fully saturated rings. The maximum atomic E-state index is 12.3. The van der Waals surface area contributed by atoms with E-state index in [1.807, 2.05) is 4.90 Å². The lowest BCUT2D eigenvalue weighted by atomic mass is 10.1. The van der Waals surface area contributed by atoms with E-state index in [1.165, 1.54) is 6.33 Å². The Morgan fingerprint density at radius 2 is 2.06 bits per heavy atom. The second-order valence-electron chi connectivity index (χ2n) is 4.66. The van der Waals surface area contributed by atoms with Crippen molar-refractivity contribution in [2.75, 3.05) is 6.54 Å². The molecule has 96 valence electrons. The quantitative estimate of drug-likeness (QED) is 0.825. The molecule has 0 atom stereocenters. The summed E-state index contributed by atoms with van der Waals surface area (Å²) in [6.07, 6.45) is 3.29. The van der Waals surface area contributed by atoms with Gasteiger partial charge in [-0.3, -0.25) is 9.89 Å². The Morgan fingerprint density at radius 3 is 2.47 bits per heavy atom. The van der Waals surface area contributed by atoms with E-state index < -0.39 is 0 Å². The van der Waals surface area contributed by atoms with E-state index in [-0.39, 0.29) is 11.9 Å². The van der Waals surface area contributed by atoms with Crippen LogP contribution in [0.1, 0.15) is 51.2 Å². The molecule has 0 bridgehead atoms. The molecule has 0 aromatic carbocycles. The number of H-pyrrole nitrogens is 1. The number of nitrogens with one attached hydrogen (secondary N) is 1. The van der Waals surface area contributed by atoms with Gasteiger partial charge in [0.25, 0.3) is 5.91 Å². The molecule has 0 aliphatic carbocycles. The average molecular weight is 238 g/mol. The molecular weight excluding hydrogens is 216 g/mol. The number of carbonyl (C=O) groups is 1. The van der Waals surface area contributed by atoms with E-state index in [9.17, 15) is 4.79 Å². The van der Waals surface area contributed by atoms with Gasteiger partial charge in [0.05, 0.1) is 0 Å². The van der Waals surface area contributed by atoms with Crippen LogP contribution < -0.4 is 0 Å². The van der Waals surface area contributed by atoms with Gasteiger partial charge >= 0.3 is 0 Å². The lowest BCUT2D eigenvalue weighted by molar-refractivity contribution is 0.0628. The predicted octanol–water partition coefficient (Wildman–Crippen LogP) is 2.09. The van der Waals surface area contributed by atoms with Gasteiger partial charge in [0.15, 0.2) is 0 Å². The van der Waals surface area contributed by atoms with Gasteiger partial charge in [-0.15, -0.1) is 0 Å². The van der Waals surface area contributed by atoms with Crippen LogP contribution in [0, 0.1) is 5.92 Å². The third-order valence-electron chi connectivity index (χ3n) is 2.82.